The molecular weight excluding hydrogens is 308 g/mol. The summed E-state index contributed by atoms with van der Waals surface area (Å²) in [6.07, 6.45) is 4.88. The summed E-state index contributed by atoms with van der Waals surface area (Å²) in [7, 11) is 0. The van der Waals surface area contributed by atoms with E-state index in [9.17, 15) is 14.4 Å². The molecule has 1 aliphatic rings. The van der Waals surface area contributed by atoms with Gasteiger partial charge in [-0.05, 0) is 25.3 Å². The molecule has 6 nitrogen and oxygen atoms in total. The molecule has 1 saturated carbocycles. The van der Waals surface area contributed by atoms with E-state index in [0.29, 0.717) is 6.42 Å². The number of hydrogen-bond acceptors (Lipinski definition) is 5. The highest BCUT2D eigenvalue weighted by Gasteiger charge is 2.33. The van der Waals surface area contributed by atoms with E-state index in [-0.39, 0.29) is 23.2 Å². The van der Waals surface area contributed by atoms with Crippen molar-refractivity contribution < 1.29 is 14.3 Å². The number of esters is 1. The molecule has 7 heteroatoms. The third kappa shape index (κ3) is 3.96. The topological polar surface area (TPSA) is 88.3 Å². The Labute approximate surface area is 133 Å². The summed E-state index contributed by atoms with van der Waals surface area (Å²) in [6.45, 7) is 2.15. The lowest BCUT2D eigenvalue weighted by atomic mass is 9.91. The van der Waals surface area contributed by atoms with Crippen molar-refractivity contribution in [3.05, 3.63) is 33.2 Å². The molecule has 1 fully saturated rings. The molecule has 1 aromatic heterocycles. The summed E-state index contributed by atoms with van der Waals surface area (Å²) < 4.78 is 5.09. The van der Waals surface area contributed by atoms with Crippen LogP contribution in [0.2, 0.25) is 5.02 Å². The molecule has 0 spiro atoms. The van der Waals surface area contributed by atoms with Crippen LogP contribution in [0.5, 0.6) is 0 Å². The molecule has 0 bridgehead atoms. The van der Waals surface area contributed by atoms with Gasteiger partial charge < -0.3 is 9.72 Å². The van der Waals surface area contributed by atoms with Gasteiger partial charge in [0.05, 0.1) is 6.61 Å². The summed E-state index contributed by atoms with van der Waals surface area (Å²) in [5.41, 5.74) is -0.301. The maximum Gasteiger partial charge on any atom is 0.331 e. The monoisotopic (exact) mass is 326 g/mol. The average molecular weight is 327 g/mol. The Balaban J connectivity index is 2.17. The first-order chi connectivity index (χ1) is 10.5. The van der Waals surface area contributed by atoms with Crippen molar-refractivity contribution in [1.29, 1.82) is 0 Å². The maximum absolute atomic E-state index is 12.5. The summed E-state index contributed by atoms with van der Waals surface area (Å²) >= 11 is 5.74. The third-order valence-electron chi connectivity index (χ3n) is 3.60. The molecule has 0 amide bonds. The van der Waals surface area contributed by atoms with Gasteiger partial charge in [0.2, 0.25) is 0 Å². The molecule has 1 aliphatic carbocycles. The van der Waals surface area contributed by atoms with Crippen LogP contribution in [0.1, 0.15) is 43.0 Å². The number of carbonyl (C=O) groups is 2. The van der Waals surface area contributed by atoms with Gasteiger partial charge in [-0.3, -0.25) is 14.9 Å². The molecule has 1 aromatic rings. The zero-order chi connectivity index (χ0) is 16.1. The molecule has 2 rings (SSSR count). The fourth-order valence-electron chi connectivity index (χ4n) is 2.11. The number of pyridine rings is 1. The van der Waals surface area contributed by atoms with Crippen molar-refractivity contribution in [2.45, 2.75) is 44.7 Å². The van der Waals surface area contributed by atoms with E-state index in [4.69, 9.17) is 16.3 Å². The molecule has 2 N–H and O–H groups in total. The lowest BCUT2D eigenvalue weighted by Gasteiger charge is -2.30. The molecule has 1 atom stereocenters. The van der Waals surface area contributed by atoms with Crippen molar-refractivity contribution in [2.24, 2.45) is 0 Å². The van der Waals surface area contributed by atoms with E-state index < -0.39 is 23.4 Å². The molecule has 0 aliphatic heterocycles. The first-order valence-electron chi connectivity index (χ1n) is 7.38. The Morgan fingerprint density at radius 2 is 2.23 bits per heavy atom. The van der Waals surface area contributed by atoms with E-state index in [2.05, 4.69) is 10.3 Å². The SMILES string of the molecule is CCCOC(=O)C(NC1CCC1)C(=O)c1c[nH]c(=O)c(Cl)c1. The number of Topliss-reactive ketones (excluding diaryl/α,β-unsaturated/α-hetero) is 1. The summed E-state index contributed by atoms with van der Waals surface area (Å²) in [4.78, 5) is 38.3. The number of ketones is 1. The van der Waals surface area contributed by atoms with E-state index in [1.54, 1.807) is 0 Å². The zero-order valence-corrected chi connectivity index (χ0v) is 13.1. The van der Waals surface area contributed by atoms with Crippen LogP contribution in [-0.2, 0) is 9.53 Å². The van der Waals surface area contributed by atoms with Crippen LogP contribution >= 0.6 is 11.6 Å². The second-order valence-electron chi connectivity index (χ2n) is 5.32. The van der Waals surface area contributed by atoms with Gasteiger partial charge in [-0.25, -0.2) is 4.79 Å². The Hall–Kier alpha value is -1.66. The quantitative estimate of drug-likeness (QED) is 0.452. The first-order valence-corrected chi connectivity index (χ1v) is 7.76. The minimum absolute atomic E-state index is 0.0878. The fourth-order valence-corrected chi connectivity index (χ4v) is 2.28. The Morgan fingerprint density at radius 3 is 2.77 bits per heavy atom. The molecule has 22 heavy (non-hydrogen) atoms. The lowest BCUT2D eigenvalue weighted by molar-refractivity contribution is -0.145. The van der Waals surface area contributed by atoms with Crippen LogP contribution in [0, 0.1) is 0 Å². The predicted molar refractivity (Wildman–Crippen MR) is 82.2 cm³/mol. The van der Waals surface area contributed by atoms with E-state index >= 15 is 0 Å². The highest BCUT2D eigenvalue weighted by Crippen LogP contribution is 2.20. The van der Waals surface area contributed by atoms with Crippen LogP contribution in [0.3, 0.4) is 0 Å². The number of H-pyrrole nitrogens is 1. The highest BCUT2D eigenvalue weighted by molar-refractivity contribution is 6.30. The van der Waals surface area contributed by atoms with Gasteiger partial charge in [0.1, 0.15) is 5.02 Å². The van der Waals surface area contributed by atoms with Crippen LogP contribution in [0.4, 0.5) is 0 Å². The normalized spacial score (nSPS) is 15.9. The number of nitrogens with one attached hydrogen (secondary N) is 2. The Morgan fingerprint density at radius 1 is 1.50 bits per heavy atom. The summed E-state index contributed by atoms with van der Waals surface area (Å²) in [5.74, 6) is -1.05. The minimum Gasteiger partial charge on any atom is -0.464 e. The van der Waals surface area contributed by atoms with E-state index in [1.807, 2.05) is 6.92 Å². The van der Waals surface area contributed by atoms with Crippen molar-refractivity contribution in [3.8, 4) is 0 Å². The van der Waals surface area contributed by atoms with Gasteiger partial charge in [-0.15, -0.1) is 0 Å². The number of aromatic nitrogens is 1. The van der Waals surface area contributed by atoms with Gasteiger partial charge in [-0.2, -0.15) is 0 Å². The molecular formula is C15H19ClN2O4. The van der Waals surface area contributed by atoms with Crippen molar-refractivity contribution in [2.75, 3.05) is 6.61 Å². The Kier molecular flexibility index (Phi) is 5.74. The molecule has 120 valence electrons. The molecule has 1 heterocycles. The number of carbonyl (C=O) groups excluding carboxylic acids is 2. The van der Waals surface area contributed by atoms with Crippen molar-refractivity contribution in [3.63, 3.8) is 0 Å². The Bertz CT molecular complexity index is 610. The second-order valence-corrected chi connectivity index (χ2v) is 5.73. The van der Waals surface area contributed by atoms with Gasteiger partial charge >= 0.3 is 5.97 Å². The molecule has 0 aromatic carbocycles. The van der Waals surface area contributed by atoms with Crippen LogP contribution in [0.15, 0.2) is 17.1 Å². The number of halogens is 1. The van der Waals surface area contributed by atoms with Gasteiger partial charge in [0.15, 0.2) is 11.8 Å². The lowest BCUT2D eigenvalue weighted by Crippen LogP contribution is -2.51. The van der Waals surface area contributed by atoms with Crippen LogP contribution in [0.25, 0.3) is 0 Å². The standard InChI is InChI=1S/C15H19ClN2O4/c1-2-6-22-15(21)12(18-10-4-3-5-10)13(19)9-7-11(16)14(20)17-8-9/h7-8,10,12,18H,2-6H2,1H3,(H,17,20). The smallest absolute Gasteiger partial charge is 0.331 e. The zero-order valence-electron chi connectivity index (χ0n) is 12.4. The van der Waals surface area contributed by atoms with Gasteiger partial charge in [-0.1, -0.05) is 24.9 Å². The molecule has 1 unspecified atom stereocenters. The average Bonchev–Trinajstić information content (AvgIpc) is 2.46. The van der Waals surface area contributed by atoms with Gasteiger partial charge in [0, 0.05) is 17.8 Å². The van der Waals surface area contributed by atoms with Crippen molar-refractivity contribution in [1.82, 2.24) is 10.3 Å². The number of hydrogen-bond donors (Lipinski definition) is 2. The maximum atomic E-state index is 12.5. The van der Waals surface area contributed by atoms with Crippen LogP contribution < -0.4 is 10.9 Å². The van der Waals surface area contributed by atoms with Crippen LogP contribution in [-0.4, -0.2) is 35.4 Å². The van der Waals surface area contributed by atoms with E-state index in [1.165, 1.54) is 12.3 Å². The molecule has 0 radical (unpaired) electrons. The highest BCUT2D eigenvalue weighted by atomic mass is 35.5. The minimum atomic E-state index is -1.07. The predicted octanol–water partition coefficient (Wildman–Crippen LogP) is 1.67. The number of ether oxygens (including phenoxy) is 1. The largest absolute Gasteiger partial charge is 0.464 e. The number of rotatable bonds is 7. The molecule has 0 saturated heterocycles. The van der Waals surface area contributed by atoms with Crippen molar-refractivity contribution >= 4 is 23.4 Å². The van der Waals surface area contributed by atoms with E-state index in [0.717, 1.165) is 19.3 Å². The summed E-state index contributed by atoms with van der Waals surface area (Å²) in [5, 5.41) is 2.95. The summed E-state index contributed by atoms with van der Waals surface area (Å²) in [6, 6.07) is 0.339. The first kappa shape index (κ1) is 16.7. The third-order valence-corrected chi connectivity index (χ3v) is 3.88. The number of aromatic amines is 1. The fraction of sp³-hybridized carbons (Fsp3) is 0.533. The van der Waals surface area contributed by atoms with Gasteiger partial charge in [0.25, 0.3) is 5.56 Å². The second kappa shape index (κ2) is 7.56.